The van der Waals surface area contributed by atoms with Gasteiger partial charge in [-0.15, -0.1) is 0 Å². The second-order valence-electron chi connectivity index (χ2n) is 3.79. The fourth-order valence-electron chi connectivity index (χ4n) is 2.02. The molecule has 1 unspecified atom stereocenters. The number of rotatable bonds is 2. The highest BCUT2D eigenvalue weighted by Gasteiger charge is 2.27. The van der Waals surface area contributed by atoms with Crippen molar-refractivity contribution in [3.8, 4) is 11.5 Å². The molecule has 2 N–H and O–H groups in total. The van der Waals surface area contributed by atoms with Crippen LogP contribution in [0.2, 0.25) is 0 Å². The molecular weight excluding hydrogens is 216 g/mol. The van der Waals surface area contributed by atoms with E-state index in [0.717, 1.165) is 19.0 Å². The van der Waals surface area contributed by atoms with E-state index in [-0.39, 0.29) is 23.1 Å². The van der Waals surface area contributed by atoms with Crippen LogP contribution >= 0.6 is 0 Å². The molecule has 3 nitrogen and oxygen atoms in total. The van der Waals surface area contributed by atoms with Gasteiger partial charge in [0.15, 0.2) is 23.1 Å². The van der Waals surface area contributed by atoms with Gasteiger partial charge in [-0.2, -0.15) is 0 Å². The minimum absolute atomic E-state index is 0.0330. The van der Waals surface area contributed by atoms with Crippen molar-refractivity contribution in [2.75, 3.05) is 13.7 Å². The number of halogens is 2. The first-order valence-electron chi connectivity index (χ1n) is 5.13. The Bertz CT molecular complexity index is 403. The predicted octanol–water partition coefficient (Wildman–Crippen LogP) is 2.10. The molecule has 0 amide bonds. The first kappa shape index (κ1) is 11.1. The molecule has 88 valence electrons. The van der Waals surface area contributed by atoms with Gasteiger partial charge < -0.3 is 15.2 Å². The lowest BCUT2D eigenvalue weighted by molar-refractivity contribution is 0.353. The zero-order valence-corrected chi connectivity index (χ0v) is 8.89. The lowest BCUT2D eigenvalue weighted by atomic mass is 10.0. The van der Waals surface area contributed by atoms with E-state index in [9.17, 15) is 13.9 Å². The molecule has 1 aliphatic heterocycles. The zero-order chi connectivity index (χ0) is 11.7. The van der Waals surface area contributed by atoms with E-state index in [1.807, 2.05) is 0 Å². The van der Waals surface area contributed by atoms with E-state index in [4.69, 9.17) is 4.74 Å². The van der Waals surface area contributed by atoms with Crippen molar-refractivity contribution in [1.29, 1.82) is 0 Å². The average Bonchev–Trinajstić information content (AvgIpc) is 2.77. The zero-order valence-electron chi connectivity index (χ0n) is 8.89. The predicted molar refractivity (Wildman–Crippen MR) is 54.6 cm³/mol. The number of ether oxygens (including phenoxy) is 1. The highest BCUT2D eigenvalue weighted by Crippen LogP contribution is 2.39. The van der Waals surface area contributed by atoms with Crippen LogP contribution < -0.4 is 10.1 Å². The summed E-state index contributed by atoms with van der Waals surface area (Å²) in [5, 5.41) is 12.8. The van der Waals surface area contributed by atoms with Crippen LogP contribution in [0, 0.1) is 11.6 Å². The van der Waals surface area contributed by atoms with E-state index in [1.54, 1.807) is 0 Å². The fourth-order valence-corrected chi connectivity index (χ4v) is 2.02. The Kier molecular flexibility index (Phi) is 2.96. The van der Waals surface area contributed by atoms with Crippen LogP contribution in [0.4, 0.5) is 8.78 Å². The summed E-state index contributed by atoms with van der Waals surface area (Å²) < 4.78 is 31.7. The van der Waals surface area contributed by atoms with Crippen molar-refractivity contribution < 1.29 is 18.6 Å². The summed E-state index contributed by atoms with van der Waals surface area (Å²) in [6.07, 6.45) is 1.56. The number of hydrogen-bond donors (Lipinski definition) is 2. The molecule has 1 saturated heterocycles. The molecule has 1 aliphatic rings. The Hall–Kier alpha value is -1.36. The summed E-state index contributed by atoms with van der Waals surface area (Å²) in [6, 6.07) is 0.507. The van der Waals surface area contributed by atoms with Crippen molar-refractivity contribution in [2.24, 2.45) is 0 Å². The van der Waals surface area contributed by atoms with Crippen molar-refractivity contribution in [1.82, 2.24) is 5.32 Å². The third kappa shape index (κ3) is 1.71. The van der Waals surface area contributed by atoms with Gasteiger partial charge in [-0.3, -0.25) is 0 Å². The van der Waals surface area contributed by atoms with Crippen LogP contribution in [-0.4, -0.2) is 18.8 Å². The van der Waals surface area contributed by atoms with Gasteiger partial charge in [0.25, 0.3) is 0 Å². The maximum atomic E-state index is 13.6. The molecule has 1 heterocycles. The van der Waals surface area contributed by atoms with Crippen LogP contribution in [0.5, 0.6) is 11.5 Å². The minimum Gasteiger partial charge on any atom is -0.504 e. The average molecular weight is 229 g/mol. The Morgan fingerprint density at radius 2 is 2.25 bits per heavy atom. The van der Waals surface area contributed by atoms with Crippen LogP contribution in [0.25, 0.3) is 0 Å². The van der Waals surface area contributed by atoms with Gasteiger partial charge in [0.1, 0.15) is 0 Å². The van der Waals surface area contributed by atoms with Crippen molar-refractivity contribution in [3.05, 3.63) is 23.3 Å². The number of phenolic OH excluding ortho intramolecular Hbond substituents is 1. The van der Waals surface area contributed by atoms with E-state index >= 15 is 0 Å². The minimum atomic E-state index is -1.00. The first-order valence-corrected chi connectivity index (χ1v) is 5.13. The summed E-state index contributed by atoms with van der Waals surface area (Å²) >= 11 is 0. The standard InChI is InChI=1S/C11H13F2NO2/c1-16-8-5-6(12)10(13)9(11(8)15)7-3-2-4-14-7/h5,7,14-15H,2-4H2,1H3. The van der Waals surface area contributed by atoms with Gasteiger partial charge in [-0.1, -0.05) is 0 Å². The third-order valence-electron chi connectivity index (χ3n) is 2.82. The Balaban J connectivity index is 2.52. The first-order chi connectivity index (χ1) is 7.65. The molecule has 0 bridgehead atoms. The largest absolute Gasteiger partial charge is 0.504 e. The molecular formula is C11H13F2NO2. The van der Waals surface area contributed by atoms with Crippen LogP contribution in [-0.2, 0) is 0 Å². The molecule has 2 rings (SSSR count). The molecule has 1 fully saturated rings. The smallest absolute Gasteiger partial charge is 0.167 e. The van der Waals surface area contributed by atoms with Crippen LogP contribution in [0.1, 0.15) is 24.4 Å². The molecule has 1 atom stereocenters. The van der Waals surface area contributed by atoms with Crippen LogP contribution in [0.3, 0.4) is 0 Å². The number of hydrogen-bond acceptors (Lipinski definition) is 3. The summed E-state index contributed by atoms with van der Waals surface area (Å²) in [6.45, 7) is 0.738. The van der Waals surface area contributed by atoms with Gasteiger partial charge in [-0.05, 0) is 19.4 Å². The molecule has 0 saturated carbocycles. The SMILES string of the molecule is COc1cc(F)c(F)c(C2CCCN2)c1O. The van der Waals surface area contributed by atoms with Gasteiger partial charge in [0, 0.05) is 12.1 Å². The second-order valence-corrected chi connectivity index (χ2v) is 3.79. The van der Waals surface area contributed by atoms with Crippen LogP contribution in [0.15, 0.2) is 6.07 Å². The van der Waals surface area contributed by atoms with Gasteiger partial charge in [0.05, 0.1) is 12.7 Å². The van der Waals surface area contributed by atoms with E-state index in [0.29, 0.717) is 6.42 Å². The van der Waals surface area contributed by atoms with Gasteiger partial charge in [-0.25, -0.2) is 8.78 Å². The maximum absolute atomic E-state index is 13.6. The second kappa shape index (κ2) is 4.25. The number of nitrogens with one attached hydrogen (secondary N) is 1. The molecule has 1 aromatic rings. The number of benzene rings is 1. The summed E-state index contributed by atoms with van der Waals surface area (Å²) in [5.41, 5.74) is -0.0330. The van der Waals surface area contributed by atoms with Crippen molar-refractivity contribution in [2.45, 2.75) is 18.9 Å². The Labute approximate surface area is 92.0 Å². The Morgan fingerprint density at radius 3 is 2.81 bits per heavy atom. The molecule has 0 aliphatic carbocycles. The molecule has 0 radical (unpaired) electrons. The summed E-state index contributed by atoms with van der Waals surface area (Å²) in [7, 11) is 1.30. The van der Waals surface area contributed by atoms with E-state index in [1.165, 1.54) is 7.11 Å². The number of methoxy groups -OCH3 is 1. The van der Waals surface area contributed by atoms with Gasteiger partial charge in [0.2, 0.25) is 0 Å². The summed E-state index contributed by atoms with van der Waals surface area (Å²) in [5.74, 6) is -2.36. The maximum Gasteiger partial charge on any atom is 0.167 e. The van der Waals surface area contributed by atoms with Crippen molar-refractivity contribution in [3.63, 3.8) is 0 Å². The lowest BCUT2D eigenvalue weighted by Crippen LogP contribution is -2.15. The Morgan fingerprint density at radius 1 is 1.50 bits per heavy atom. The molecule has 16 heavy (non-hydrogen) atoms. The normalized spacial score (nSPS) is 20.1. The highest BCUT2D eigenvalue weighted by atomic mass is 19.2. The van der Waals surface area contributed by atoms with Gasteiger partial charge >= 0.3 is 0 Å². The molecule has 1 aromatic carbocycles. The quantitative estimate of drug-likeness (QED) is 0.816. The third-order valence-corrected chi connectivity index (χ3v) is 2.82. The van der Waals surface area contributed by atoms with Crippen molar-refractivity contribution >= 4 is 0 Å². The highest BCUT2D eigenvalue weighted by molar-refractivity contribution is 5.48. The summed E-state index contributed by atoms with van der Waals surface area (Å²) in [4.78, 5) is 0. The monoisotopic (exact) mass is 229 g/mol. The molecule has 0 spiro atoms. The fraction of sp³-hybridized carbons (Fsp3) is 0.455. The number of aromatic hydroxyl groups is 1. The van der Waals surface area contributed by atoms with E-state index < -0.39 is 11.6 Å². The topological polar surface area (TPSA) is 41.5 Å². The molecule has 0 aromatic heterocycles. The lowest BCUT2D eigenvalue weighted by Gasteiger charge is -2.16. The number of phenols is 1. The van der Waals surface area contributed by atoms with E-state index in [2.05, 4.69) is 5.32 Å². The molecule has 5 heteroatoms.